The zero-order valence-electron chi connectivity index (χ0n) is 16.1. The zero-order valence-corrected chi connectivity index (χ0v) is 17.8. The number of aliphatic hydroxyl groups is 1. The van der Waals surface area contributed by atoms with Gasteiger partial charge in [0.25, 0.3) is 0 Å². The maximum absolute atomic E-state index is 12.7. The Hall–Kier alpha value is -1.27. The molecule has 0 saturated carbocycles. The Labute approximate surface area is 171 Å². The number of aromatic nitrogens is 4. The summed E-state index contributed by atoms with van der Waals surface area (Å²) in [4.78, 5) is 12.8. The number of thioether (sulfide) groups is 1. The van der Waals surface area contributed by atoms with E-state index in [-0.39, 0.29) is 12.4 Å². The summed E-state index contributed by atoms with van der Waals surface area (Å²) in [5.41, 5.74) is 6.83. The molecule has 4 heterocycles. The predicted octanol–water partition coefficient (Wildman–Crippen LogP) is 1.42. The van der Waals surface area contributed by atoms with Gasteiger partial charge in [0.05, 0.1) is 13.2 Å². The number of ether oxygens (including phenoxy) is 2. The van der Waals surface area contributed by atoms with Gasteiger partial charge in [0.2, 0.25) is 0 Å². The Morgan fingerprint density at radius 2 is 2.31 bits per heavy atom. The molecule has 2 aromatic heterocycles. The highest BCUT2D eigenvalue weighted by atomic mass is 32.2. The minimum absolute atomic E-state index is 0.0887. The number of hydrogen-bond acceptors (Lipinski definition) is 11. The number of aliphatic hydroxyl groups excluding tert-OH is 1. The number of methoxy groups -OCH3 is 1. The van der Waals surface area contributed by atoms with Crippen molar-refractivity contribution in [2.24, 2.45) is 0 Å². The fourth-order valence-corrected chi connectivity index (χ4v) is 6.21. The summed E-state index contributed by atoms with van der Waals surface area (Å²) in [5, 5.41) is 11.6. The molecule has 0 radical (unpaired) electrons. The van der Waals surface area contributed by atoms with E-state index >= 15 is 0 Å². The lowest BCUT2D eigenvalue weighted by Crippen LogP contribution is -2.39. The van der Waals surface area contributed by atoms with Crippen molar-refractivity contribution in [2.75, 3.05) is 38.0 Å². The van der Waals surface area contributed by atoms with E-state index < -0.39 is 32.1 Å². The van der Waals surface area contributed by atoms with E-state index in [4.69, 9.17) is 24.3 Å². The van der Waals surface area contributed by atoms with Gasteiger partial charge < -0.3 is 24.8 Å². The summed E-state index contributed by atoms with van der Waals surface area (Å²) in [5.74, 6) is 0.869. The number of fused-ring (bicyclic) bond motifs is 2. The van der Waals surface area contributed by atoms with Gasteiger partial charge in [-0.15, -0.1) is 0 Å². The summed E-state index contributed by atoms with van der Waals surface area (Å²) in [6.45, 7) is 2.50. The van der Waals surface area contributed by atoms with E-state index in [1.807, 2.05) is 6.92 Å². The maximum Gasteiger partial charge on any atom is 0.331 e. The van der Waals surface area contributed by atoms with Crippen molar-refractivity contribution in [2.45, 2.75) is 43.0 Å². The molecule has 2 saturated heterocycles. The normalized spacial score (nSPS) is 32.0. The molecule has 3 N–H and O–H groups in total. The van der Waals surface area contributed by atoms with Gasteiger partial charge in [-0.2, -0.15) is 0 Å². The SMILES string of the molecule is CCCP1(=O)OC[C@H]2O[C@@H](n3c(SCCOC)nc4c(N)ncnc43)[C@H](O)[C@@H]2O1. The first-order valence-electron chi connectivity index (χ1n) is 9.33. The number of nitrogens with two attached hydrogens (primary N) is 1. The van der Waals surface area contributed by atoms with E-state index in [0.717, 1.165) is 0 Å². The third kappa shape index (κ3) is 3.90. The lowest BCUT2D eigenvalue weighted by molar-refractivity contribution is -0.0611. The van der Waals surface area contributed by atoms with Crippen LogP contribution in [0.1, 0.15) is 19.6 Å². The van der Waals surface area contributed by atoms with Crippen LogP contribution in [0.2, 0.25) is 0 Å². The highest BCUT2D eigenvalue weighted by molar-refractivity contribution is 7.99. The number of rotatable bonds is 7. The second-order valence-corrected chi connectivity index (χ2v) is 9.99. The van der Waals surface area contributed by atoms with E-state index in [1.54, 1.807) is 11.7 Å². The van der Waals surface area contributed by atoms with Gasteiger partial charge in [-0.1, -0.05) is 18.7 Å². The van der Waals surface area contributed by atoms with Crippen LogP contribution in [0, 0.1) is 0 Å². The molecule has 4 rings (SSSR count). The Morgan fingerprint density at radius 1 is 1.48 bits per heavy atom. The summed E-state index contributed by atoms with van der Waals surface area (Å²) < 4.78 is 36.7. The van der Waals surface area contributed by atoms with Crippen molar-refractivity contribution in [3.63, 3.8) is 0 Å². The zero-order chi connectivity index (χ0) is 20.6. The minimum atomic E-state index is -3.25. The van der Waals surface area contributed by atoms with Crippen molar-refractivity contribution >= 4 is 36.3 Å². The smallest absolute Gasteiger partial charge is 0.331 e. The second kappa shape index (κ2) is 8.46. The lowest BCUT2D eigenvalue weighted by Gasteiger charge is -2.31. The number of nitrogen functional groups attached to an aromatic ring is 1. The first-order chi connectivity index (χ1) is 14.0. The molecule has 29 heavy (non-hydrogen) atoms. The first kappa shape index (κ1) is 21.0. The topological polar surface area (TPSA) is 144 Å². The van der Waals surface area contributed by atoms with Gasteiger partial charge >= 0.3 is 7.60 Å². The van der Waals surface area contributed by atoms with Gasteiger partial charge in [0.15, 0.2) is 28.4 Å². The largest absolute Gasteiger partial charge is 0.386 e. The third-order valence-electron chi connectivity index (χ3n) is 4.77. The van der Waals surface area contributed by atoms with Crippen molar-refractivity contribution < 1.29 is 28.2 Å². The molecule has 11 nitrogen and oxygen atoms in total. The maximum atomic E-state index is 12.7. The number of anilines is 1. The number of nitrogens with zero attached hydrogens (tertiary/aromatic N) is 4. The third-order valence-corrected chi connectivity index (χ3v) is 7.79. The molecule has 2 aromatic rings. The molecule has 160 valence electrons. The highest BCUT2D eigenvalue weighted by Gasteiger charge is 2.53. The van der Waals surface area contributed by atoms with Crippen LogP contribution in [0.25, 0.3) is 11.2 Å². The average molecular weight is 445 g/mol. The standard InChI is InChI=1S/C16H24N5O6PS/c1-3-5-28(23)25-7-9-12(27-28)11(22)15(26-9)21-14-10(13(17)18-8-19-14)20-16(21)29-6-4-24-2/h8-9,11-12,15,22H,3-7H2,1-2H3,(H2,17,18,19)/t9-,11-,12-,15-,28?/m1/s1. The monoisotopic (exact) mass is 445 g/mol. The fraction of sp³-hybridized carbons (Fsp3) is 0.688. The number of imidazole rings is 1. The van der Waals surface area contributed by atoms with E-state index in [0.29, 0.717) is 41.3 Å². The first-order valence-corrected chi connectivity index (χ1v) is 12.0. The molecule has 5 atom stereocenters. The molecule has 13 heteroatoms. The van der Waals surface area contributed by atoms with E-state index in [1.165, 1.54) is 18.1 Å². The van der Waals surface area contributed by atoms with Crippen LogP contribution < -0.4 is 5.73 Å². The fourth-order valence-electron chi connectivity index (χ4n) is 3.44. The Morgan fingerprint density at radius 3 is 3.07 bits per heavy atom. The Kier molecular flexibility index (Phi) is 6.12. The summed E-state index contributed by atoms with van der Waals surface area (Å²) in [7, 11) is -1.63. The van der Waals surface area contributed by atoms with Crippen LogP contribution in [0.4, 0.5) is 5.82 Å². The van der Waals surface area contributed by atoms with Crippen LogP contribution in [-0.2, 0) is 23.1 Å². The van der Waals surface area contributed by atoms with Crippen molar-refractivity contribution in [1.29, 1.82) is 0 Å². The summed E-state index contributed by atoms with van der Waals surface area (Å²) in [6, 6.07) is 0. The molecule has 2 fully saturated rings. The molecule has 2 aliphatic heterocycles. The Bertz CT molecular complexity index is 929. The molecular weight excluding hydrogens is 421 g/mol. The van der Waals surface area contributed by atoms with Gasteiger partial charge in [-0.25, -0.2) is 15.0 Å². The average Bonchev–Trinajstić information content (AvgIpc) is 3.21. The molecule has 0 aliphatic carbocycles. The molecule has 0 amide bonds. The minimum Gasteiger partial charge on any atom is -0.386 e. The van der Waals surface area contributed by atoms with Crippen LogP contribution in [-0.4, -0.2) is 75.2 Å². The van der Waals surface area contributed by atoms with Crippen LogP contribution >= 0.6 is 19.4 Å². The van der Waals surface area contributed by atoms with E-state index in [2.05, 4.69) is 15.0 Å². The van der Waals surface area contributed by atoms with Crippen LogP contribution in [0.5, 0.6) is 0 Å². The van der Waals surface area contributed by atoms with Crippen molar-refractivity contribution in [3.8, 4) is 0 Å². The molecule has 0 spiro atoms. The second-order valence-electron chi connectivity index (χ2n) is 6.79. The van der Waals surface area contributed by atoms with E-state index in [9.17, 15) is 9.67 Å². The molecule has 0 aromatic carbocycles. The molecule has 2 aliphatic rings. The van der Waals surface area contributed by atoms with Gasteiger partial charge in [-0.3, -0.25) is 13.7 Å². The van der Waals surface area contributed by atoms with Crippen molar-refractivity contribution in [3.05, 3.63) is 6.33 Å². The molecular formula is C16H24N5O6PS. The molecule has 1 unspecified atom stereocenters. The Balaban J connectivity index is 1.68. The lowest BCUT2D eigenvalue weighted by atomic mass is 10.1. The van der Waals surface area contributed by atoms with Gasteiger partial charge in [0.1, 0.15) is 24.6 Å². The summed E-state index contributed by atoms with van der Waals surface area (Å²) >= 11 is 1.42. The predicted molar refractivity (Wildman–Crippen MR) is 106 cm³/mol. The molecule has 0 bridgehead atoms. The van der Waals surface area contributed by atoms with Gasteiger partial charge in [-0.05, 0) is 6.42 Å². The van der Waals surface area contributed by atoms with Crippen LogP contribution in [0.15, 0.2) is 11.5 Å². The highest BCUT2D eigenvalue weighted by Crippen LogP contribution is 2.56. The quantitative estimate of drug-likeness (QED) is 0.363. The van der Waals surface area contributed by atoms with Crippen LogP contribution in [0.3, 0.4) is 0 Å². The number of hydrogen-bond donors (Lipinski definition) is 2. The van der Waals surface area contributed by atoms with Crippen molar-refractivity contribution in [1.82, 2.24) is 19.5 Å². The van der Waals surface area contributed by atoms with Gasteiger partial charge in [0, 0.05) is 19.0 Å². The summed E-state index contributed by atoms with van der Waals surface area (Å²) in [6.07, 6.45) is -0.957.